The number of anilines is 2. The first-order valence-corrected chi connectivity index (χ1v) is 11.1. The van der Waals surface area contributed by atoms with E-state index in [2.05, 4.69) is 6.92 Å². The number of amides is 2. The maximum Gasteiger partial charge on any atom is 0.271 e. The van der Waals surface area contributed by atoms with Crippen LogP contribution in [0, 0.1) is 0 Å². The highest BCUT2D eigenvalue weighted by atomic mass is 32.2. The molecular formula is C23H22N2O3S2. The van der Waals surface area contributed by atoms with Gasteiger partial charge in [0.2, 0.25) is 0 Å². The summed E-state index contributed by atoms with van der Waals surface area (Å²) in [4.78, 5) is 30.4. The Bertz CT molecular complexity index is 1050. The average molecular weight is 439 g/mol. The van der Waals surface area contributed by atoms with Crippen molar-refractivity contribution in [3.05, 3.63) is 59.0 Å². The van der Waals surface area contributed by atoms with Crippen LogP contribution >= 0.6 is 24.0 Å². The normalized spacial score (nSPS) is 18.4. The molecule has 4 rings (SSSR count). The van der Waals surface area contributed by atoms with Gasteiger partial charge < -0.3 is 9.64 Å². The molecule has 30 heavy (non-hydrogen) atoms. The van der Waals surface area contributed by atoms with Crippen molar-refractivity contribution in [2.24, 2.45) is 0 Å². The molecule has 0 unspecified atom stereocenters. The molecule has 2 heterocycles. The Morgan fingerprint density at radius 3 is 2.43 bits per heavy atom. The van der Waals surface area contributed by atoms with E-state index >= 15 is 0 Å². The van der Waals surface area contributed by atoms with Gasteiger partial charge in [-0.05, 0) is 36.8 Å². The number of fused-ring (bicyclic) bond motifs is 1. The molecule has 2 aromatic carbocycles. The highest BCUT2D eigenvalue weighted by Gasteiger charge is 2.42. The maximum absolute atomic E-state index is 13.3. The van der Waals surface area contributed by atoms with Crippen LogP contribution < -0.4 is 14.5 Å². The van der Waals surface area contributed by atoms with Gasteiger partial charge in [-0.25, -0.2) is 0 Å². The Morgan fingerprint density at radius 1 is 1.00 bits per heavy atom. The Morgan fingerprint density at radius 2 is 1.73 bits per heavy atom. The second-order valence-corrected chi connectivity index (χ2v) is 8.74. The Labute approximate surface area is 185 Å². The lowest BCUT2D eigenvalue weighted by atomic mass is 10.1. The molecule has 1 fully saturated rings. The number of rotatable bonds is 6. The molecular weight excluding hydrogens is 416 g/mol. The van der Waals surface area contributed by atoms with E-state index in [1.807, 2.05) is 24.3 Å². The van der Waals surface area contributed by atoms with Crippen molar-refractivity contribution < 1.29 is 14.3 Å². The van der Waals surface area contributed by atoms with E-state index in [4.69, 9.17) is 17.0 Å². The summed E-state index contributed by atoms with van der Waals surface area (Å²) in [6.07, 6.45) is 3.06. The fourth-order valence-electron chi connectivity index (χ4n) is 3.71. The van der Waals surface area contributed by atoms with Gasteiger partial charge in [-0.2, -0.15) is 0 Å². The Balaban J connectivity index is 1.72. The molecule has 0 spiro atoms. The van der Waals surface area contributed by atoms with Crippen LogP contribution in [-0.2, 0) is 9.59 Å². The molecule has 0 aliphatic carbocycles. The van der Waals surface area contributed by atoms with Gasteiger partial charge in [0.05, 0.1) is 29.0 Å². The minimum Gasteiger partial charge on any atom is -0.497 e. The fraction of sp³-hybridized carbons (Fsp3) is 0.261. The largest absolute Gasteiger partial charge is 0.497 e. The van der Waals surface area contributed by atoms with E-state index in [0.29, 0.717) is 32.8 Å². The van der Waals surface area contributed by atoms with E-state index in [1.54, 1.807) is 36.3 Å². The number of nitrogens with zero attached hydrogens (tertiary/aromatic N) is 2. The minimum absolute atomic E-state index is 0.123. The molecule has 7 heteroatoms. The molecule has 5 nitrogen and oxygen atoms in total. The van der Waals surface area contributed by atoms with Crippen LogP contribution in [0.25, 0.3) is 5.57 Å². The summed E-state index contributed by atoms with van der Waals surface area (Å²) in [6.45, 7) is 2.78. The standard InChI is InChI=1S/C23H22N2O3S2/c1-3-4-7-14-24-18-9-6-5-8-17(18)19(21(24)26)20-22(27)25(23(29)30-20)15-10-12-16(28-2)13-11-15/h5-6,8-13H,3-4,7,14H2,1-2H3. The average Bonchev–Trinajstić information content (AvgIpc) is 3.20. The molecule has 2 aliphatic rings. The van der Waals surface area contributed by atoms with Crippen molar-refractivity contribution in [2.45, 2.75) is 26.2 Å². The second kappa shape index (κ2) is 8.62. The van der Waals surface area contributed by atoms with Crippen LogP contribution in [-0.4, -0.2) is 29.8 Å². The van der Waals surface area contributed by atoms with Gasteiger partial charge in [-0.3, -0.25) is 14.5 Å². The lowest BCUT2D eigenvalue weighted by molar-refractivity contribution is -0.115. The number of carbonyl (C=O) groups excluding carboxylic acids is 2. The lowest BCUT2D eigenvalue weighted by Gasteiger charge is -2.16. The number of ether oxygens (including phenoxy) is 1. The number of benzene rings is 2. The number of thioether (sulfide) groups is 1. The number of carbonyl (C=O) groups is 2. The van der Waals surface area contributed by atoms with Crippen molar-refractivity contribution in [1.29, 1.82) is 0 Å². The summed E-state index contributed by atoms with van der Waals surface area (Å²) >= 11 is 6.69. The molecule has 2 aliphatic heterocycles. The third kappa shape index (κ3) is 3.52. The molecule has 2 aromatic rings. The third-order valence-electron chi connectivity index (χ3n) is 5.24. The highest BCUT2D eigenvalue weighted by Crippen LogP contribution is 2.45. The van der Waals surface area contributed by atoms with E-state index in [-0.39, 0.29) is 11.8 Å². The van der Waals surface area contributed by atoms with Gasteiger partial charge in [-0.15, -0.1) is 0 Å². The second-order valence-electron chi connectivity index (χ2n) is 7.09. The van der Waals surface area contributed by atoms with Crippen LogP contribution in [0.3, 0.4) is 0 Å². The maximum atomic E-state index is 13.3. The number of unbranched alkanes of at least 4 members (excludes halogenated alkanes) is 2. The van der Waals surface area contributed by atoms with E-state index < -0.39 is 0 Å². The van der Waals surface area contributed by atoms with Crippen molar-refractivity contribution >= 4 is 57.1 Å². The van der Waals surface area contributed by atoms with Crippen LogP contribution in [0.1, 0.15) is 31.7 Å². The smallest absolute Gasteiger partial charge is 0.271 e. The van der Waals surface area contributed by atoms with Crippen molar-refractivity contribution in [3.8, 4) is 5.75 Å². The zero-order chi connectivity index (χ0) is 21.3. The predicted molar refractivity (Wildman–Crippen MR) is 126 cm³/mol. The molecule has 2 amide bonds. The first-order valence-electron chi connectivity index (χ1n) is 9.92. The molecule has 1 saturated heterocycles. The summed E-state index contributed by atoms with van der Waals surface area (Å²) in [7, 11) is 1.59. The quantitative estimate of drug-likeness (QED) is 0.361. The first kappa shape index (κ1) is 20.6. The number of thiocarbonyl (C=S) groups is 1. The van der Waals surface area contributed by atoms with Crippen LogP contribution in [0.5, 0.6) is 5.75 Å². The van der Waals surface area contributed by atoms with Gasteiger partial charge in [0.1, 0.15) is 5.75 Å². The molecule has 0 atom stereocenters. The summed E-state index contributed by atoms with van der Waals surface area (Å²) in [5, 5.41) is 0. The van der Waals surface area contributed by atoms with Gasteiger partial charge >= 0.3 is 0 Å². The molecule has 0 aromatic heterocycles. The Kier molecular flexibility index (Phi) is 5.92. The number of methoxy groups -OCH3 is 1. The van der Waals surface area contributed by atoms with Crippen molar-refractivity contribution in [2.75, 3.05) is 23.5 Å². The Hall–Kier alpha value is -2.64. The van der Waals surface area contributed by atoms with Crippen LogP contribution in [0.4, 0.5) is 11.4 Å². The van der Waals surface area contributed by atoms with Gasteiger partial charge in [0, 0.05) is 12.1 Å². The molecule has 0 saturated carbocycles. The summed E-state index contributed by atoms with van der Waals surface area (Å²) in [5.41, 5.74) is 2.78. The predicted octanol–water partition coefficient (Wildman–Crippen LogP) is 5.01. The minimum atomic E-state index is -0.260. The van der Waals surface area contributed by atoms with Crippen molar-refractivity contribution in [3.63, 3.8) is 0 Å². The van der Waals surface area contributed by atoms with Crippen LogP contribution in [0.15, 0.2) is 53.4 Å². The molecule has 0 bridgehead atoms. The monoisotopic (exact) mass is 438 g/mol. The molecule has 0 N–H and O–H groups in total. The lowest BCUT2D eigenvalue weighted by Crippen LogP contribution is -2.29. The van der Waals surface area contributed by atoms with E-state index in [1.165, 1.54) is 16.7 Å². The van der Waals surface area contributed by atoms with E-state index in [0.717, 1.165) is 30.5 Å². The molecule has 154 valence electrons. The summed E-state index contributed by atoms with van der Waals surface area (Å²) in [6, 6.07) is 14.8. The number of hydrogen-bond acceptors (Lipinski definition) is 5. The zero-order valence-corrected chi connectivity index (χ0v) is 18.5. The fourth-order valence-corrected chi connectivity index (χ4v) is 5.08. The van der Waals surface area contributed by atoms with Crippen molar-refractivity contribution in [1.82, 2.24) is 0 Å². The van der Waals surface area contributed by atoms with Gasteiger partial charge in [0.15, 0.2) is 4.32 Å². The highest BCUT2D eigenvalue weighted by molar-refractivity contribution is 8.27. The van der Waals surface area contributed by atoms with Gasteiger partial charge in [0.25, 0.3) is 11.8 Å². The summed E-state index contributed by atoms with van der Waals surface area (Å²) in [5.74, 6) is 0.316. The molecule has 0 radical (unpaired) electrons. The van der Waals surface area contributed by atoms with E-state index in [9.17, 15) is 9.59 Å². The number of hydrogen-bond donors (Lipinski definition) is 0. The number of para-hydroxylation sites is 1. The third-order valence-corrected chi connectivity index (χ3v) is 6.61. The topological polar surface area (TPSA) is 49.9 Å². The SMILES string of the molecule is CCCCCN1C(=O)C(=C2SC(=S)N(c3ccc(OC)cc3)C2=O)c2ccccc21. The zero-order valence-electron chi connectivity index (χ0n) is 16.9. The summed E-state index contributed by atoms with van der Waals surface area (Å²) < 4.78 is 5.61. The first-order chi connectivity index (χ1) is 14.6. The van der Waals surface area contributed by atoms with Gasteiger partial charge in [-0.1, -0.05) is 61.9 Å². The van der Waals surface area contributed by atoms with Crippen LogP contribution in [0.2, 0.25) is 0 Å².